The third-order valence-electron chi connectivity index (χ3n) is 5.94. The van der Waals surface area contributed by atoms with Crippen LogP contribution in [0.5, 0.6) is 5.75 Å². The fourth-order valence-corrected chi connectivity index (χ4v) is 5.01. The third-order valence-corrected chi connectivity index (χ3v) is 6.83. The topological polar surface area (TPSA) is 62.7 Å². The molecule has 30 heavy (non-hydrogen) atoms. The largest absolute Gasteiger partial charge is 0.494 e. The smallest absolute Gasteiger partial charge is 0.273 e. The lowest BCUT2D eigenvalue weighted by atomic mass is 9.95. The van der Waals surface area contributed by atoms with Gasteiger partial charge in [0.05, 0.1) is 6.61 Å². The van der Waals surface area contributed by atoms with E-state index >= 15 is 0 Å². The maximum absolute atomic E-state index is 12.9. The number of carbonyl (C=O) groups excluding carboxylic acids is 2. The number of ether oxygens (including phenoxy) is 1. The van der Waals surface area contributed by atoms with Gasteiger partial charge in [0.1, 0.15) is 16.5 Å². The van der Waals surface area contributed by atoms with Gasteiger partial charge in [-0.05, 0) is 62.8 Å². The van der Waals surface area contributed by atoms with Gasteiger partial charge in [0, 0.05) is 43.5 Å². The highest BCUT2D eigenvalue weighted by molar-refractivity contribution is 7.13. The molecule has 2 aliphatic heterocycles. The predicted octanol–water partition coefficient (Wildman–Crippen LogP) is 4.07. The predicted molar refractivity (Wildman–Crippen MR) is 118 cm³/mol. The lowest BCUT2D eigenvalue weighted by molar-refractivity contribution is -0.134. The Hall–Kier alpha value is -2.41. The molecule has 2 saturated heterocycles. The molecule has 2 aliphatic rings. The number of thiazole rings is 1. The minimum Gasteiger partial charge on any atom is -0.494 e. The summed E-state index contributed by atoms with van der Waals surface area (Å²) in [4.78, 5) is 33.5. The van der Waals surface area contributed by atoms with E-state index < -0.39 is 0 Å². The van der Waals surface area contributed by atoms with E-state index in [2.05, 4.69) is 4.98 Å². The van der Waals surface area contributed by atoms with E-state index in [4.69, 9.17) is 4.74 Å². The van der Waals surface area contributed by atoms with Crippen LogP contribution in [0.3, 0.4) is 0 Å². The van der Waals surface area contributed by atoms with Crippen LogP contribution in [-0.4, -0.2) is 59.4 Å². The minimum absolute atomic E-state index is 0.0101. The van der Waals surface area contributed by atoms with Crippen molar-refractivity contribution in [2.45, 2.75) is 39.0 Å². The van der Waals surface area contributed by atoms with Gasteiger partial charge in [0.2, 0.25) is 5.91 Å². The minimum atomic E-state index is 0.0101. The molecular formula is C23H29N3O3S. The fourth-order valence-electron chi connectivity index (χ4n) is 4.21. The van der Waals surface area contributed by atoms with Crippen LogP contribution >= 0.6 is 11.3 Å². The van der Waals surface area contributed by atoms with Gasteiger partial charge in [-0.1, -0.05) is 0 Å². The molecule has 0 radical (unpaired) electrons. The highest BCUT2D eigenvalue weighted by atomic mass is 32.1. The summed E-state index contributed by atoms with van der Waals surface area (Å²) in [5.41, 5.74) is 1.51. The molecule has 0 unspecified atom stereocenters. The summed E-state index contributed by atoms with van der Waals surface area (Å²) in [6.45, 7) is 5.82. The van der Waals surface area contributed by atoms with Crippen molar-refractivity contribution in [1.29, 1.82) is 0 Å². The molecule has 2 fully saturated rings. The molecule has 3 heterocycles. The zero-order valence-corrected chi connectivity index (χ0v) is 18.3. The summed E-state index contributed by atoms with van der Waals surface area (Å²) in [7, 11) is 0. The standard InChI is InChI=1S/C23H29N3O3S/c1-2-29-19-8-6-18(7-9-19)22-24-20(16-30-22)23(28)25-13-10-17(11-14-25)15-26-12-4-3-5-21(26)27/h6-9,16-17H,2-5,10-15H2,1H3. The van der Waals surface area contributed by atoms with E-state index in [0.29, 0.717) is 30.5 Å². The monoisotopic (exact) mass is 427 g/mol. The zero-order chi connectivity index (χ0) is 20.9. The van der Waals surface area contributed by atoms with E-state index in [1.54, 1.807) is 0 Å². The Bertz CT molecular complexity index is 872. The molecule has 0 atom stereocenters. The number of amides is 2. The van der Waals surface area contributed by atoms with Gasteiger partial charge in [0.25, 0.3) is 5.91 Å². The number of nitrogens with zero attached hydrogens (tertiary/aromatic N) is 3. The molecular weight excluding hydrogens is 398 g/mol. The number of aromatic nitrogens is 1. The van der Waals surface area contributed by atoms with Gasteiger partial charge in [-0.25, -0.2) is 4.98 Å². The van der Waals surface area contributed by atoms with Crippen LogP contribution in [-0.2, 0) is 4.79 Å². The SMILES string of the molecule is CCOc1ccc(-c2nc(C(=O)N3CCC(CN4CCCCC4=O)CC3)cs2)cc1. The van der Waals surface area contributed by atoms with Crippen LogP contribution < -0.4 is 4.74 Å². The average Bonchev–Trinajstić information content (AvgIpc) is 3.26. The van der Waals surface area contributed by atoms with E-state index in [9.17, 15) is 9.59 Å². The average molecular weight is 428 g/mol. The van der Waals surface area contributed by atoms with Crippen LogP contribution in [0.15, 0.2) is 29.6 Å². The molecule has 1 aromatic heterocycles. The first-order chi connectivity index (χ1) is 14.6. The third kappa shape index (κ3) is 4.83. The lowest BCUT2D eigenvalue weighted by Crippen LogP contribution is -2.44. The molecule has 2 aromatic rings. The van der Waals surface area contributed by atoms with Crippen LogP contribution in [0.25, 0.3) is 10.6 Å². The second-order valence-electron chi connectivity index (χ2n) is 8.03. The number of likely N-dealkylation sites (tertiary alicyclic amines) is 2. The second-order valence-corrected chi connectivity index (χ2v) is 8.89. The fraction of sp³-hybridized carbons (Fsp3) is 0.522. The van der Waals surface area contributed by atoms with E-state index in [0.717, 1.165) is 68.2 Å². The van der Waals surface area contributed by atoms with E-state index in [1.807, 2.05) is 46.4 Å². The van der Waals surface area contributed by atoms with Gasteiger partial charge in [-0.3, -0.25) is 9.59 Å². The highest BCUT2D eigenvalue weighted by Crippen LogP contribution is 2.27. The Morgan fingerprint density at radius 3 is 2.63 bits per heavy atom. The maximum Gasteiger partial charge on any atom is 0.273 e. The number of rotatable bonds is 6. The number of piperidine rings is 2. The molecule has 0 bridgehead atoms. The molecule has 6 nitrogen and oxygen atoms in total. The molecule has 160 valence electrons. The molecule has 7 heteroatoms. The van der Waals surface area contributed by atoms with Crippen molar-refractivity contribution in [1.82, 2.24) is 14.8 Å². The Morgan fingerprint density at radius 1 is 1.17 bits per heavy atom. The lowest BCUT2D eigenvalue weighted by Gasteiger charge is -2.36. The molecule has 0 N–H and O–H groups in total. The van der Waals surface area contributed by atoms with Crippen LogP contribution in [0.4, 0.5) is 0 Å². The molecule has 1 aromatic carbocycles. The van der Waals surface area contributed by atoms with Crippen LogP contribution in [0.1, 0.15) is 49.5 Å². The summed E-state index contributed by atoms with van der Waals surface area (Å²) in [6.07, 6.45) is 4.73. The van der Waals surface area contributed by atoms with Crippen molar-refractivity contribution in [2.75, 3.05) is 32.8 Å². The van der Waals surface area contributed by atoms with Crippen molar-refractivity contribution in [2.24, 2.45) is 5.92 Å². The summed E-state index contributed by atoms with van der Waals surface area (Å²) in [5.74, 6) is 1.63. The van der Waals surface area contributed by atoms with E-state index in [1.165, 1.54) is 11.3 Å². The van der Waals surface area contributed by atoms with Gasteiger partial charge < -0.3 is 14.5 Å². The van der Waals surface area contributed by atoms with Crippen molar-refractivity contribution in [3.63, 3.8) is 0 Å². The quantitative estimate of drug-likeness (QED) is 0.697. The molecule has 0 spiro atoms. The first-order valence-corrected chi connectivity index (χ1v) is 11.8. The summed E-state index contributed by atoms with van der Waals surface area (Å²) < 4.78 is 5.48. The van der Waals surface area contributed by atoms with Gasteiger partial charge in [-0.2, -0.15) is 0 Å². The Labute approximate surface area is 181 Å². The molecule has 0 saturated carbocycles. The first-order valence-electron chi connectivity index (χ1n) is 10.9. The van der Waals surface area contributed by atoms with Crippen LogP contribution in [0.2, 0.25) is 0 Å². The summed E-state index contributed by atoms with van der Waals surface area (Å²) >= 11 is 1.49. The molecule has 4 rings (SSSR count). The Balaban J connectivity index is 1.31. The normalized spacial score (nSPS) is 18.0. The molecule has 0 aliphatic carbocycles. The van der Waals surface area contributed by atoms with Crippen molar-refractivity contribution in [3.8, 4) is 16.3 Å². The van der Waals surface area contributed by atoms with E-state index in [-0.39, 0.29) is 5.91 Å². The van der Waals surface area contributed by atoms with Crippen molar-refractivity contribution < 1.29 is 14.3 Å². The zero-order valence-electron chi connectivity index (χ0n) is 17.5. The van der Waals surface area contributed by atoms with Crippen molar-refractivity contribution in [3.05, 3.63) is 35.3 Å². The Kier molecular flexibility index (Phi) is 6.67. The van der Waals surface area contributed by atoms with Gasteiger partial charge >= 0.3 is 0 Å². The van der Waals surface area contributed by atoms with Gasteiger partial charge in [0.15, 0.2) is 0 Å². The highest BCUT2D eigenvalue weighted by Gasteiger charge is 2.28. The second kappa shape index (κ2) is 9.60. The van der Waals surface area contributed by atoms with Gasteiger partial charge in [-0.15, -0.1) is 11.3 Å². The summed E-state index contributed by atoms with van der Waals surface area (Å²) in [6, 6.07) is 7.82. The molecule has 2 amide bonds. The Morgan fingerprint density at radius 2 is 1.93 bits per heavy atom. The number of benzene rings is 1. The van der Waals surface area contributed by atoms with Crippen LogP contribution in [0, 0.1) is 5.92 Å². The first kappa shape index (κ1) is 20.8. The number of hydrogen-bond acceptors (Lipinski definition) is 5. The van der Waals surface area contributed by atoms with Crippen molar-refractivity contribution >= 4 is 23.2 Å². The number of hydrogen-bond donors (Lipinski definition) is 0. The maximum atomic E-state index is 12.9. The number of carbonyl (C=O) groups is 2. The summed E-state index contributed by atoms with van der Waals surface area (Å²) in [5, 5.41) is 2.70.